The second-order valence-corrected chi connectivity index (χ2v) is 10.1. The van der Waals surface area contributed by atoms with Crippen LogP contribution in [0.4, 0.5) is 0 Å². The van der Waals surface area contributed by atoms with E-state index in [0.29, 0.717) is 0 Å². The monoisotopic (exact) mass is 385 g/mol. The summed E-state index contributed by atoms with van der Waals surface area (Å²) in [5.41, 5.74) is 2.22. The molecule has 0 amide bonds. The molecule has 0 atom stereocenters. The van der Waals surface area contributed by atoms with Crippen molar-refractivity contribution in [3.63, 3.8) is 0 Å². The molecule has 5 heteroatoms. The third kappa shape index (κ3) is 5.21. The highest BCUT2D eigenvalue weighted by Gasteiger charge is 2.25. The van der Waals surface area contributed by atoms with Crippen molar-refractivity contribution in [2.75, 3.05) is 27.2 Å². The lowest BCUT2D eigenvalue weighted by Crippen LogP contribution is -3.05. The van der Waals surface area contributed by atoms with Gasteiger partial charge in [0.2, 0.25) is 0 Å². The van der Waals surface area contributed by atoms with Crippen molar-refractivity contribution in [1.29, 1.82) is 0 Å². The first-order valence-electron chi connectivity index (χ1n) is 8.94. The van der Waals surface area contributed by atoms with Crippen LogP contribution in [0.3, 0.4) is 0 Å². The van der Waals surface area contributed by atoms with Crippen LogP contribution in [0, 0.1) is 0 Å². The van der Waals surface area contributed by atoms with Crippen LogP contribution in [-0.2, 0) is 4.57 Å². The van der Waals surface area contributed by atoms with Crippen molar-refractivity contribution in [2.24, 2.45) is 0 Å². The number of rotatable bonds is 7. The van der Waals surface area contributed by atoms with E-state index in [9.17, 15) is 4.57 Å². The largest absolute Gasteiger partial charge is 0.340 e. The molecule has 0 fully saturated rings. The Bertz CT molecular complexity index is 772. The van der Waals surface area contributed by atoms with Crippen molar-refractivity contribution in [2.45, 2.75) is 6.42 Å². The maximum Gasteiger partial charge on any atom is 0.192 e. The number of nitrogens with one attached hydrogen (secondary N) is 2. The number of quaternary nitrogens is 1. The van der Waals surface area contributed by atoms with Crippen molar-refractivity contribution in [3.8, 4) is 0 Å². The maximum absolute atomic E-state index is 13.6. The molecule has 1 aliphatic heterocycles. The lowest BCUT2D eigenvalue weighted by Gasteiger charge is -2.22. The minimum absolute atomic E-state index is 0.754. The highest BCUT2D eigenvalue weighted by atomic mass is 32.2. The summed E-state index contributed by atoms with van der Waals surface area (Å²) in [5.74, 6) is 3.86. The van der Waals surface area contributed by atoms with Crippen LogP contribution in [0.15, 0.2) is 72.3 Å². The molecule has 0 aromatic heterocycles. The summed E-state index contributed by atoms with van der Waals surface area (Å²) in [4.78, 5) is 3.52. The van der Waals surface area contributed by atoms with Crippen molar-refractivity contribution < 1.29 is 9.46 Å². The highest BCUT2D eigenvalue weighted by Crippen LogP contribution is 2.58. The zero-order chi connectivity index (χ0) is 18.4. The first kappa shape index (κ1) is 19.2. The predicted octanol–water partition coefficient (Wildman–Crippen LogP) is 4.13. The van der Waals surface area contributed by atoms with E-state index in [-0.39, 0.29) is 0 Å². The Morgan fingerprint density at radius 3 is 1.85 bits per heavy atom. The molecule has 2 aromatic rings. The summed E-state index contributed by atoms with van der Waals surface area (Å²) >= 11 is 1.69. The van der Waals surface area contributed by atoms with Crippen molar-refractivity contribution in [3.05, 3.63) is 83.4 Å². The average Bonchev–Trinajstić information content (AvgIpc) is 2.66. The second kappa shape index (κ2) is 8.88. The normalized spacial score (nSPS) is 16.3. The Balaban J connectivity index is 1.87. The predicted molar refractivity (Wildman–Crippen MR) is 114 cm³/mol. The van der Waals surface area contributed by atoms with Crippen LogP contribution in [0.25, 0.3) is 9.81 Å². The lowest BCUT2D eigenvalue weighted by atomic mass is 10.2. The standard InChI is InChI=1S/C21H25N2OPS/c1-23(2)15-9-14-22-25(24)16-20(18-10-5-3-6-11-18)26-21(17-25)19-12-7-4-8-13-19/h3-8,10-13,16-17H,9,14-15H2,1-2H3,(H,22,24)/p+1. The molecule has 3 rings (SSSR count). The number of thioether (sulfide) groups is 1. The van der Waals surface area contributed by atoms with Crippen LogP contribution in [0.1, 0.15) is 17.5 Å². The van der Waals surface area contributed by atoms with Gasteiger partial charge in [-0.2, -0.15) is 0 Å². The van der Waals surface area contributed by atoms with Gasteiger partial charge in [-0.25, -0.2) is 0 Å². The minimum atomic E-state index is -2.72. The molecule has 1 aliphatic rings. The van der Waals surface area contributed by atoms with Gasteiger partial charge in [0.05, 0.1) is 20.6 Å². The van der Waals surface area contributed by atoms with E-state index in [1.54, 1.807) is 11.8 Å². The first-order chi connectivity index (χ1) is 12.6. The number of hydrogen-bond donors (Lipinski definition) is 2. The molecule has 0 saturated carbocycles. The van der Waals surface area contributed by atoms with Crippen LogP contribution in [0.5, 0.6) is 0 Å². The Kier molecular flexibility index (Phi) is 6.55. The molecule has 0 spiro atoms. The second-order valence-electron chi connectivity index (χ2n) is 6.75. The quantitative estimate of drug-likeness (QED) is 0.555. The van der Waals surface area contributed by atoms with E-state index in [0.717, 1.165) is 40.4 Å². The first-order valence-corrected chi connectivity index (χ1v) is 11.6. The summed E-state index contributed by atoms with van der Waals surface area (Å²) < 4.78 is 13.6. The van der Waals surface area contributed by atoms with E-state index in [1.807, 2.05) is 48.0 Å². The van der Waals surface area contributed by atoms with Crippen LogP contribution < -0.4 is 9.99 Å². The molecular formula is C21H26N2OPS+. The maximum atomic E-state index is 13.6. The smallest absolute Gasteiger partial charge is 0.192 e. The fraction of sp³-hybridized carbons (Fsp3) is 0.238. The summed E-state index contributed by atoms with van der Waals surface area (Å²) in [6.07, 6.45) is 1.00. The molecule has 2 N–H and O–H groups in total. The van der Waals surface area contributed by atoms with Gasteiger partial charge >= 0.3 is 0 Å². The van der Waals surface area contributed by atoms with Gasteiger partial charge in [-0.15, -0.1) is 0 Å². The summed E-state index contributed by atoms with van der Waals surface area (Å²) in [7, 11) is 1.56. The third-order valence-corrected chi connectivity index (χ3v) is 7.66. The minimum Gasteiger partial charge on any atom is -0.340 e. The van der Waals surface area contributed by atoms with E-state index in [1.165, 1.54) is 4.90 Å². The van der Waals surface area contributed by atoms with E-state index < -0.39 is 7.29 Å². The van der Waals surface area contributed by atoms with Gasteiger partial charge in [-0.1, -0.05) is 72.4 Å². The molecule has 0 aliphatic carbocycles. The zero-order valence-electron chi connectivity index (χ0n) is 15.3. The fourth-order valence-electron chi connectivity index (χ4n) is 2.82. The van der Waals surface area contributed by atoms with E-state index in [2.05, 4.69) is 43.4 Å². The topological polar surface area (TPSA) is 33.5 Å². The van der Waals surface area contributed by atoms with Crippen molar-refractivity contribution >= 4 is 28.9 Å². The van der Waals surface area contributed by atoms with Crippen LogP contribution in [0.2, 0.25) is 0 Å². The van der Waals surface area contributed by atoms with Gasteiger partial charge in [-0.05, 0) is 11.1 Å². The summed E-state index contributed by atoms with van der Waals surface area (Å²) in [6.45, 7) is 1.82. The van der Waals surface area contributed by atoms with Crippen LogP contribution >= 0.6 is 19.1 Å². The SMILES string of the molecule is C[NH+](C)CCCNP1(=O)C=C(c2ccccc2)SC(c2ccccc2)=C1. The van der Waals surface area contributed by atoms with Gasteiger partial charge in [0.25, 0.3) is 0 Å². The molecule has 26 heavy (non-hydrogen) atoms. The lowest BCUT2D eigenvalue weighted by molar-refractivity contribution is -0.858. The van der Waals surface area contributed by atoms with Gasteiger partial charge in [0.15, 0.2) is 7.29 Å². The Labute approximate surface area is 160 Å². The average molecular weight is 385 g/mol. The summed E-state index contributed by atoms with van der Waals surface area (Å²) in [5, 5.41) is 3.33. The fourth-order valence-corrected chi connectivity index (χ4v) is 6.68. The molecule has 0 radical (unpaired) electrons. The molecule has 136 valence electrons. The highest BCUT2D eigenvalue weighted by molar-refractivity contribution is 8.17. The van der Waals surface area contributed by atoms with Gasteiger partial charge in [0.1, 0.15) is 0 Å². The van der Waals surface area contributed by atoms with Gasteiger partial charge < -0.3 is 4.90 Å². The molecule has 1 heterocycles. The van der Waals surface area contributed by atoms with Gasteiger partial charge in [-0.3, -0.25) is 9.65 Å². The Morgan fingerprint density at radius 1 is 0.885 bits per heavy atom. The summed E-state index contributed by atoms with van der Waals surface area (Å²) in [6, 6.07) is 20.4. The zero-order valence-corrected chi connectivity index (χ0v) is 17.0. The molecular weight excluding hydrogens is 359 g/mol. The Morgan fingerprint density at radius 2 is 1.38 bits per heavy atom. The molecule has 0 bridgehead atoms. The van der Waals surface area contributed by atoms with Crippen LogP contribution in [-0.4, -0.2) is 27.2 Å². The number of hydrogen-bond acceptors (Lipinski definition) is 2. The molecule has 0 unspecified atom stereocenters. The third-order valence-electron chi connectivity index (χ3n) is 4.17. The molecule has 3 nitrogen and oxygen atoms in total. The molecule has 0 saturated heterocycles. The number of benzene rings is 2. The van der Waals surface area contributed by atoms with Crippen molar-refractivity contribution in [1.82, 2.24) is 5.09 Å². The van der Waals surface area contributed by atoms with E-state index >= 15 is 0 Å². The van der Waals surface area contributed by atoms with E-state index in [4.69, 9.17) is 0 Å². The van der Waals surface area contributed by atoms with Gasteiger partial charge in [0, 0.05) is 34.4 Å². The Hall–Kier alpha value is -1.58. The molecule has 2 aromatic carbocycles.